The lowest BCUT2D eigenvalue weighted by atomic mass is 10.1. The fraction of sp³-hybridized carbons (Fsp3) is 0.368. The zero-order valence-corrected chi connectivity index (χ0v) is 13.6. The summed E-state index contributed by atoms with van der Waals surface area (Å²) in [7, 11) is 1.96. The average molecular weight is 299 g/mol. The molecule has 2 aromatic rings. The molecule has 0 heterocycles. The zero-order chi connectivity index (χ0) is 15.8. The van der Waals surface area contributed by atoms with Gasteiger partial charge in [-0.25, -0.2) is 0 Å². The van der Waals surface area contributed by atoms with E-state index in [1.807, 2.05) is 63.4 Å². The number of nitrogens with one attached hydrogen (secondary N) is 1. The van der Waals surface area contributed by atoms with Crippen LogP contribution in [0.5, 0.6) is 11.5 Å². The zero-order valence-electron chi connectivity index (χ0n) is 13.6. The lowest BCUT2D eigenvalue weighted by molar-refractivity contribution is 0.171. The topological polar surface area (TPSA) is 30.5 Å². The van der Waals surface area contributed by atoms with Crippen LogP contribution in [0.4, 0.5) is 0 Å². The standard InChI is InChI=1S/C19H25NO2/c1-15(2)21-18-11-7-8-12-19(18)22-17(13-14-20-3)16-9-5-4-6-10-16/h4-12,15,17,20H,13-14H2,1-3H3. The minimum Gasteiger partial charge on any atom is -0.487 e. The third kappa shape index (κ3) is 4.78. The molecule has 0 aromatic heterocycles. The van der Waals surface area contributed by atoms with Crippen LogP contribution in [0.15, 0.2) is 54.6 Å². The van der Waals surface area contributed by atoms with Crippen molar-refractivity contribution in [2.75, 3.05) is 13.6 Å². The van der Waals surface area contributed by atoms with Crippen molar-refractivity contribution in [3.63, 3.8) is 0 Å². The van der Waals surface area contributed by atoms with Gasteiger partial charge in [0.25, 0.3) is 0 Å². The van der Waals surface area contributed by atoms with Crippen LogP contribution in [0.2, 0.25) is 0 Å². The molecule has 0 aliphatic heterocycles. The number of hydrogen-bond donors (Lipinski definition) is 1. The molecule has 0 saturated carbocycles. The quantitative estimate of drug-likeness (QED) is 0.792. The Kier molecular flexibility index (Phi) is 6.28. The summed E-state index contributed by atoms with van der Waals surface area (Å²) in [6.07, 6.45) is 1.03. The molecule has 0 saturated heterocycles. The smallest absolute Gasteiger partial charge is 0.162 e. The first-order valence-electron chi connectivity index (χ1n) is 7.82. The molecular weight excluding hydrogens is 274 g/mol. The molecule has 0 radical (unpaired) electrons. The van der Waals surface area contributed by atoms with Gasteiger partial charge in [-0.1, -0.05) is 42.5 Å². The minimum absolute atomic E-state index is 0.00515. The molecule has 0 spiro atoms. The number of rotatable bonds is 8. The molecule has 0 amide bonds. The predicted molar refractivity (Wildman–Crippen MR) is 90.6 cm³/mol. The fourth-order valence-corrected chi connectivity index (χ4v) is 2.29. The highest BCUT2D eigenvalue weighted by Crippen LogP contribution is 2.32. The molecule has 2 aromatic carbocycles. The van der Waals surface area contributed by atoms with Crippen molar-refractivity contribution < 1.29 is 9.47 Å². The first-order valence-corrected chi connectivity index (χ1v) is 7.82. The normalized spacial score (nSPS) is 12.2. The summed E-state index contributed by atoms with van der Waals surface area (Å²) in [6, 6.07) is 18.2. The van der Waals surface area contributed by atoms with Crippen LogP contribution in [0.3, 0.4) is 0 Å². The molecule has 0 aliphatic rings. The molecule has 1 atom stereocenters. The van der Waals surface area contributed by atoms with E-state index in [1.165, 1.54) is 5.56 Å². The third-order valence-corrected chi connectivity index (χ3v) is 3.31. The summed E-state index contributed by atoms with van der Waals surface area (Å²) in [4.78, 5) is 0. The summed E-state index contributed by atoms with van der Waals surface area (Å²) in [5.41, 5.74) is 1.18. The Labute approximate surface area is 133 Å². The van der Waals surface area contributed by atoms with E-state index in [-0.39, 0.29) is 12.2 Å². The Hall–Kier alpha value is -2.00. The van der Waals surface area contributed by atoms with Gasteiger partial charge in [0.1, 0.15) is 6.10 Å². The van der Waals surface area contributed by atoms with Gasteiger partial charge in [-0.15, -0.1) is 0 Å². The maximum absolute atomic E-state index is 6.27. The predicted octanol–water partition coefficient (Wildman–Crippen LogP) is 4.20. The first kappa shape index (κ1) is 16.4. The maximum atomic E-state index is 6.27. The van der Waals surface area contributed by atoms with Gasteiger partial charge in [0.05, 0.1) is 6.10 Å². The van der Waals surface area contributed by atoms with Gasteiger partial charge in [0, 0.05) is 6.42 Å². The Morgan fingerprint density at radius 3 is 2.05 bits per heavy atom. The second-order valence-electron chi connectivity index (χ2n) is 5.52. The highest BCUT2D eigenvalue weighted by atomic mass is 16.5. The fourth-order valence-electron chi connectivity index (χ4n) is 2.29. The van der Waals surface area contributed by atoms with Gasteiger partial charge in [-0.3, -0.25) is 0 Å². The largest absolute Gasteiger partial charge is 0.487 e. The lowest BCUT2D eigenvalue weighted by Gasteiger charge is -2.22. The Morgan fingerprint density at radius 2 is 1.45 bits per heavy atom. The van der Waals surface area contributed by atoms with Gasteiger partial charge < -0.3 is 14.8 Å². The average Bonchev–Trinajstić information content (AvgIpc) is 2.53. The molecule has 22 heavy (non-hydrogen) atoms. The molecule has 3 heteroatoms. The van der Waals surface area contributed by atoms with E-state index in [1.54, 1.807) is 0 Å². The molecular formula is C19H25NO2. The summed E-state index contributed by atoms with van der Waals surface area (Å²) in [5, 5.41) is 3.19. The summed E-state index contributed by atoms with van der Waals surface area (Å²) in [5.74, 6) is 1.59. The number of para-hydroxylation sites is 2. The van der Waals surface area contributed by atoms with E-state index >= 15 is 0 Å². The van der Waals surface area contributed by atoms with Crippen molar-refractivity contribution in [3.8, 4) is 11.5 Å². The Balaban J connectivity index is 2.20. The van der Waals surface area contributed by atoms with Crippen LogP contribution in [0.25, 0.3) is 0 Å². The summed E-state index contributed by atoms with van der Waals surface area (Å²) >= 11 is 0. The molecule has 118 valence electrons. The molecule has 3 nitrogen and oxygen atoms in total. The van der Waals surface area contributed by atoms with Gasteiger partial charge in [-0.05, 0) is 45.1 Å². The molecule has 2 rings (SSSR count). The van der Waals surface area contributed by atoms with Crippen LogP contribution in [0, 0.1) is 0 Å². The van der Waals surface area contributed by atoms with E-state index in [2.05, 4.69) is 17.4 Å². The Bertz CT molecular complexity index is 554. The second-order valence-corrected chi connectivity index (χ2v) is 5.52. The highest BCUT2D eigenvalue weighted by Gasteiger charge is 2.15. The molecule has 0 fully saturated rings. The first-order chi connectivity index (χ1) is 10.7. The van der Waals surface area contributed by atoms with E-state index in [0.29, 0.717) is 0 Å². The van der Waals surface area contributed by atoms with Crippen LogP contribution >= 0.6 is 0 Å². The molecule has 0 bridgehead atoms. The van der Waals surface area contributed by atoms with Crippen molar-refractivity contribution >= 4 is 0 Å². The van der Waals surface area contributed by atoms with Crippen molar-refractivity contribution in [2.24, 2.45) is 0 Å². The van der Waals surface area contributed by atoms with Crippen LogP contribution < -0.4 is 14.8 Å². The molecule has 0 aliphatic carbocycles. The summed E-state index contributed by atoms with van der Waals surface area (Å²) < 4.78 is 12.1. The van der Waals surface area contributed by atoms with Crippen LogP contribution in [-0.2, 0) is 0 Å². The number of hydrogen-bond acceptors (Lipinski definition) is 3. The maximum Gasteiger partial charge on any atom is 0.162 e. The Morgan fingerprint density at radius 1 is 0.864 bits per heavy atom. The third-order valence-electron chi connectivity index (χ3n) is 3.31. The van der Waals surface area contributed by atoms with E-state index < -0.39 is 0 Å². The van der Waals surface area contributed by atoms with E-state index in [9.17, 15) is 0 Å². The van der Waals surface area contributed by atoms with Gasteiger partial charge in [-0.2, -0.15) is 0 Å². The number of ether oxygens (including phenoxy) is 2. The van der Waals surface area contributed by atoms with Gasteiger partial charge in [0.2, 0.25) is 0 Å². The second kappa shape index (κ2) is 8.44. The molecule has 1 unspecified atom stereocenters. The monoisotopic (exact) mass is 299 g/mol. The van der Waals surface area contributed by atoms with Crippen molar-refractivity contribution in [1.82, 2.24) is 5.32 Å². The van der Waals surface area contributed by atoms with Crippen molar-refractivity contribution in [3.05, 3.63) is 60.2 Å². The van der Waals surface area contributed by atoms with E-state index in [0.717, 1.165) is 24.5 Å². The van der Waals surface area contributed by atoms with Gasteiger partial charge in [0.15, 0.2) is 11.5 Å². The van der Waals surface area contributed by atoms with Crippen LogP contribution in [0.1, 0.15) is 31.9 Å². The van der Waals surface area contributed by atoms with Crippen molar-refractivity contribution in [1.29, 1.82) is 0 Å². The number of benzene rings is 2. The highest BCUT2D eigenvalue weighted by molar-refractivity contribution is 5.40. The SMILES string of the molecule is CNCCC(Oc1ccccc1OC(C)C)c1ccccc1. The van der Waals surface area contributed by atoms with E-state index in [4.69, 9.17) is 9.47 Å². The minimum atomic E-state index is 0.00515. The van der Waals surface area contributed by atoms with Gasteiger partial charge >= 0.3 is 0 Å². The lowest BCUT2D eigenvalue weighted by Crippen LogP contribution is -2.17. The van der Waals surface area contributed by atoms with Crippen LogP contribution in [-0.4, -0.2) is 19.7 Å². The summed E-state index contributed by atoms with van der Waals surface area (Å²) in [6.45, 7) is 4.94. The van der Waals surface area contributed by atoms with Crippen molar-refractivity contribution in [2.45, 2.75) is 32.5 Å². The molecule has 1 N–H and O–H groups in total.